The third-order valence-electron chi connectivity index (χ3n) is 2.32. The lowest BCUT2D eigenvalue weighted by Gasteiger charge is -2.05. The van der Waals surface area contributed by atoms with Crippen LogP contribution in [-0.2, 0) is 6.54 Å². The highest BCUT2D eigenvalue weighted by Gasteiger charge is 2.11. The molecule has 0 bridgehead atoms. The van der Waals surface area contributed by atoms with E-state index in [-0.39, 0.29) is 5.69 Å². The molecule has 2 aromatic rings. The first-order valence-corrected chi connectivity index (χ1v) is 5.20. The van der Waals surface area contributed by atoms with Crippen molar-refractivity contribution in [2.75, 3.05) is 11.1 Å². The summed E-state index contributed by atoms with van der Waals surface area (Å²) in [7, 11) is 0. The fourth-order valence-electron chi connectivity index (χ4n) is 1.45. The lowest BCUT2D eigenvalue weighted by molar-refractivity contribution is -0.385. The number of nitro groups is 1. The molecule has 0 radical (unpaired) electrons. The molecule has 0 saturated carbocycles. The van der Waals surface area contributed by atoms with Crippen molar-refractivity contribution < 1.29 is 4.92 Å². The molecule has 0 amide bonds. The Morgan fingerprint density at radius 2 is 2.06 bits per heavy atom. The molecule has 0 spiro atoms. The highest BCUT2D eigenvalue weighted by Crippen LogP contribution is 2.18. The third kappa shape index (κ3) is 2.70. The van der Waals surface area contributed by atoms with E-state index in [1.54, 1.807) is 18.2 Å². The van der Waals surface area contributed by atoms with Gasteiger partial charge in [0, 0.05) is 18.2 Å². The normalized spacial score (nSPS) is 10.0. The van der Waals surface area contributed by atoms with Crippen LogP contribution in [0.1, 0.15) is 5.56 Å². The Kier molecular flexibility index (Phi) is 3.33. The van der Waals surface area contributed by atoms with Crippen LogP contribution in [0.15, 0.2) is 36.7 Å². The first-order valence-electron chi connectivity index (χ1n) is 5.20. The zero-order valence-electron chi connectivity index (χ0n) is 9.41. The second kappa shape index (κ2) is 5.09. The quantitative estimate of drug-likeness (QED) is 0.625. The van der Waals surface area contributed by atoms with Crippen LogP contribution in [0, 0.1) is 10.1 Å². The van der Waals surface area contributed by atoms with Gasteiger partial charge >= 0.3 is 0 Å². The molecule has 0 fully saturated rings. The monoisotopic (exact) mass is 245 g/mol. The summed E-state index contributed by atoms with van der Waals surface area (Å²) in [6.45, 7) is 0.301. The maximum atomic E-state index is 10.8. The van der Waals surface area contributed by atoms with E-state index in [4.69, 9.17) is 5.73 Å². The molecular weight excluding hydrogens is 234 g/mol. The van der Waals surface area contributed by atoms with E-state index in [9.17, 15) is 10.1 Å². The Morgan fingerprint density at radius 1 is 1.28 bits per heavy atom. The van der Waals surface area contributed by atoms with Crippen molar-refractivity contribution in [3.63, 3.8) is 0 Å². The summed E-state index contributed by atoms with van der Waals surface area (Å²) in [5, 5.41) is 13.8. The van der Waals surface area contributed by atoms with E-state index in [2.05, 4.69) is 15.3 Å². The molecule has 3 N–H and O–H groups in total. The van der Waals surface area contributed by atoms with Gasteiger partial charge in [-0.3, -0.25) is 10.1 Å². The zero-order valence-corrected chi connectivity index (χ0v) is 9.41. The Morgan fingerprint density at radius 3 is 2.72 bits per heavy atom. The van der Waals surface area contributed by atoms with Crippen LogP contribution in [0.5, 0.6) is 0 Å². The molecule has 92 valence electrons. The van der Waals surface area contributed by atoms with Crippen molar-refractivity contribution in [2.24, 2.45) is 0 Å². The molecule has 0 unspecified atom stereocenters. The van der Waals surface area contributed by atoms with Crippen molar-refractivity contribution in [1.82, 2.24) is 9.97 Å². The van der Waals surface area contributed by atoms with Crippen LogP contribution in [0.2, 0.25) is 0 Å². The topological polar surface area (TPSA) is 107 Å². The van der Waals surface area contributed by atoms with E-state index >= 15 is 0 Å². The lowest BCUT2D eigenvalue weighted by Crippen LogP contribution is -2.05. The Labute approximate surface area is 103 Å². The summed E-state index contributed by atoms with van der Waals surface area (Å²) in [5.41, 5.74) is 6.07. The van der Waals surface area contributed by atoms with Gasteiger partial charge in [0.1, 0.15) is 11.6 Å². The number of para-hydroxylation sites is 1. The fourth-order valence-corrected chi connectivity index (χ4v) is 1.45. The highest BCUT2D eigenvalue weighted by molar-refractivity contribution is 5.43. The van der Waals surface area contributed by atoms with Gasteiger partial charge in [0.25, 0.3) is 5.69 Å². The maximum absolute atomic E-state index is 10.8. The van der Waals surface area contributed by atoms with Gasteiger partial charge in [0.05, 0.1) is 17.3 Å². The van der Waals surface area contributed by atoms with Gasteiger partial charge in [-0.15, -0.1) is 0 Å². The minimum atomic E-state index is -0.411. The zero-order chi connectivity index (χ0) is 13.0. The molecule has 7 nitrogen and oxygen atoms in total. The van der Waals surface area contributed by atoms with Gasteiger partial charge in [-0.2, -0.15) is 0 Å². The number of hydrogen-bond donors (Lipinski definition) is 2. The molecule has 1 aromatic heterocycles. The average Bonchev–Trinajstić information content (AvgIpc) is 2.38. The smallest absolute Gasteiger partial charge is 0.274 e. The maximum Gasteiger partial charge on any atom is 0.274 e. The van der Waals surface area contributed by atoms with Gasteiger partial charge in [-0.25, -0.2) is 9.97 Å². The molecule has 1 heterocycles. The molecular formula is C11H11N5O2. The number of nitro benzene ring substituents is 1. The number of anilines is 2. The van der Waals surface area contributed by atoms with Gasteiger partial charge in [0.2, 0.25) is 0 Å². The van der Waals surface area contributed by atoms with Crippen molar-refractivity contribution >= 4 is 17.3 Å². The van der Waals surface area contributed by atoms with Gasteiger partial charge < -0.3 is 11.1 Å². The van der Waals surface area contributed by atoms with Crippen LogP contribution < -0.4 is 11.1 Å². The average molecular weight is 245 g/mol. The predicted octanol–water partition coefficient (Wildman–Crippen LogP) is 1.58. The van der Waals surface area contributed by atoms with Crippen LogP contribution in [0.3, 0.4) is 0 Å². The number of benzene rings is 1. The van der Waals surface area contributed by atoms with Gasteiger partial charge in [-0.1, -0.05) is 18.2 Å². The number of rotatable bonds is 4. The molecule has 0 aliphatic carbocycles. The molecule has 0 aliphatic heterocycles. The number of hydrogen-bond acceptors (Lipinski definition) is 6. The Balaban J connectivity index is 2.10. The summed E-state index contributed by atoms with van der Waals surface area (Å²) in [6.07, 6.45) is 2.89. The van der Waals surface area contributed by atoms with Gasteiger partial charge in [0.15, 0.2) is 0 Å². The van der Waals surface area contributed by atoms with E-state index in [1.807, 2.05) is 0 Å². The Hall–Kier alpha value is -2.70. The van der Waals surface area contributed by atoms with E-state index in [0.29, 0.717) is 23.7 Å². The summed E-state index contributed by atoms with van der Waals surface area (Å²) >= 11 is 0. The highest BCUT2D eigenvalue weighted by atomic mass is 16.6. The second-order valence-corrected chi connectivity index (χ2v) is 3.57. The summed E-state index contributed by atoms with van der Waals surface area (Å²) in [6, 6.07) is 6.53. The molecule has 1 aromatic carbocycles. The standard InChI is InChI=1S/C11H11N5O2/c12-10-6-15-11(7-13-10)14-5-8-3-1-2-4-9(8)16(17)18/h1-4,6-7H,5H2,(H2,12,13)(H,14,15). The van der Waals surface area contributed by atoms with Crippen molar-refractivity contribution in [2.45, 2.75) is 6.54 Å². The van der Waals surface area contributed by atoms with E-state index < -0.39 is 4.92 Å². The van der Waals surface area contributed by atoms with Gasteiger partial charge in [-0.05, 0) is 0 Å². The minimum absolute atomic E-state index is 0.0772. The SMILES string of the molecule is Nc1cnc(NCc2ccccc2[N+](=O)[O-])cn1. The fraction of sp³-hybridized carbons (Fsp3) is 0.0909. The summed E-state index contributed by atoms with van der Waals surface area (Å²) in [4.78, 5) is 18.3. The molecule has 2 rings (SSSR count). The third-order valence-corrected chi connectivity index (χ3v) is 2.32. The molecule has 18 heavy (non-hydrogen) atoms. The largest absolute Gasteiger partial charge is 0.382 e. The van der Waals surface area contributed by atoms with E-state index in [1.165, 1.54) is 18.5 Å². The van der Waals surface area contributed by atoms with Crippen LogP contribution in [0.25, 0.3) is 0 Å². The molecule has 7 heteroatoms. The predicted molar refractivity (Wildman–Crippen MR) is 66.9 cm³/mol. The second-order valence-electron chi connectivity index (χ2n) is 3.57. The molecule has 0 atom stereocenters. The van der Waals surface area contributed by atoms with E-state index in [0.717, 1.165) is 0 Å². The summed E-state index contributed by atoms with van der Waals surface area (Å²) in [5.74, 6) is 0.841. The number of aromatic nitrogens is 2. The number of nitrogen functional groups attached to an aromatic ring is 1. The number of nitrogens with two attached hydrogens (primary N) is 1. The van der Waals surface area contributed by atoms with Crippen molar-refractivity contribution in [3.8, 4) is 0 Å². The molecule has 0 saturated heterocycles. The van der Waals surface area contributed by atoms with Crippen LogP contribution in [0.4, 0.5) is 17.3 Å². The van der Waals surface area contributed by atoms with Crippen LogP contribution >= 0.6 is 0 Å². The first-order chi connectivity index (χ1) is 8.66. The summed E-state index contributed by atoms with van der Waals surface area (Å²) < 4.78 is 0. The van der Waals surface area contributed by atoms with Crippen molar-refractivity contribution in [1.29, 1.82) is 0 Å². The van der Waals surface area contributed by atoms with Crippen LogP contribution in [-0.4, -0.2) is 14.9 Å². The Bertz CT molecular complexity index is 556. The number of nitrogens with one attached hydrogen (secondary N) is 1. The van der Waals surface area contributed by atoms with Crippen molar-refractivity contribution in [3.05, 3.63) is 52.3 Å². The lowest BCUT2D eigenvalue weighted by atomic mass is 10.2. The molecule has 0 aliphatic rings. The number of nitrogens with zero attached hydrogens (tertiary/aromatic N) is 3. The first kappa shape index (κ1) is 11.8. The minimum Gasteiger partial charge on any atom is -0.382 e.